The fourth-order valence-electron chi connectivity index (χ4n) is 2.79. The van der Waals surface area contributed by atoms with Gasteiger partial charge in [-0.3, -0.25) is 10.1 Å². The number of nitro groups is 1. The van der Waals surface area contributed by atoms with Crippen molar-refractivity contribution in [3.8, 4) is 0 Å². The Morgan fingerprint density at radius 2 is 1.83 bits per heavy atom. The second-order valence-corrected chi connectivity index (χ2v) is 9.53. The van der Waals surface area contributed by atoms with Crippen LogP contribution in [0.15, 0.2) is 51.8 Å². The van der Waals surface area contributed by atoms with E-state index in [9.17, 15) is 18.5 Å². The van der Waals surface area contributed by atoms with Crippen molar-refractivity contribution in [2.75, 3.05) is 39.1 Å². The first-order chi connectivity index (χ1) is 13.6. The van der Waals surface area contributed by atoms with Gasteiger partial charge in [-0.15, -0.1) is 0 Å². The second-order valence-electron chi connectivity index (χ2n) is 6.91. The molecule has 0 aliphatic heterocycles. The van der Waals surface area contributed by atoms with Gasteiger partial charge in [0.1, 0.15) is 5.69 Å². The Balaban J connectivity index is 2.24. The molecular weight excluding hydrogens is 460 g/mol. The summed E-state index contributed by atoms with van der Waals surface area (Å²) in [5.74, 6) is 0. The van der Waals surface area contributed by atoms with Gasteiger partial charge in [-0.2, -0.15) is 0 Å². The van der Waals surface area contributed by atoms with Crippen molar-refractivity contribution in [1.29, 1.82) is 0 Å². The summed E-state index contributed by atoms with van der Waals surface area (Å²) in [6.45, 7) is 1.43. The van der Waals surface area contributed by atoms with Gasteiger partial charge in [0.25, 0.3) is 5.69 Å². The van der Waals surface area contributed by atoms with Crippen LogP contribution in [0.5, 0.6) is 0 Å². The fourth-order valence-corrected chi connectivity index (χ4v) is 4.30. The van der Waals surface area contributed by atoms with Crippen LogP contribution in [0.1, 0.15) is 12.0 Å². The predicted molar refractivity (Wildman–Crippen MR) is 118 cm³/mol. The smallest absolute Gasteiger partial charge is 0.293 e. The molecule has 0 saturated carbocycles. The number of halogens is 1. The number of rotatable bonds is 10. The van der Waals surface area contributed by atoms with Gasteiger partial charge in [-0.25, -0.2) is 13.1 Å². The highest BCUT2D eigenvalue weighted by atomic mass is 79.9. The van der Waals surface area contributed by atoms with Gasteiger partial charge in [0.15, 0.2) is 0 Å². The molecule has 2 aromatic rings. The molecule has 0 amide bonds. The number of anilines is 1. The summed E-state index contributed by atoms with van der Waals surface area (Å²) in [5, 5.41) is 11.6. The number of nitrogens with one attached hydrogen (secondary N) is 1. The highest BCUT2D eigenvalue weighted by molar-refractivity contribution is 9.10. The van der Waals surface area contributed by atoms with Crippen molar-refractivity contribution in [2.45, 2.75) is 17.9 Å². The molecule has 10 heteroatoms. The number of sulfonamides is 1. The molecule has 158 valence electrons. The summed E-state index contributed by atoms with van der Waals surface area (Å²) in [7, 11) is 1.72. The van der Waals surface area contributed by atoms with Crippen LogP contribution in [-0.4, -0.2) is 52.5 Å². The van der Waals surface area contributed by atoms with E-state index >= 15 is 0 Å². The zero-order valence-corrected chi connectivity index (χ0v) is 19.0. The summed E-state index contributed by atoms with van der Waals surface area (Å²) in [4.78, 5) is 14.6. The average molecular weight is 485 g/mol. The molecule has 0 radical (unpaired) electrons. The quantitative estimate of drug-likeness (QED) is 0.316. The van der Waals surface area contributed by atoms with E-state index in [1.807, 2.05) is 43.3 Å². The van der Waals surface area contributed by atoms with Crippen molar-refractivity contribution in [1.82, 2.24) is 9.62 Å². The number of nitro benzene ring substituents is 1. The van der Waals surface area contributed by atoms with Crippen LogP contribution < -0.4 is 9.62 Å². The normalized spacial score (nSPS) is 11.6. The molecule has 0 fully saturated rings. The highest BCUT2D eigenvalue weighted by Gasteiger charge is 2.23. The molecule has 2 aromatic carbocycles. The molecule has 0 bridgehead atoms. The monoisotopic (exact) mass is 484 g/mol. The lowest BCUT2D eigenvalue weighted by Gasteiger charge is -2.20. The second kappa shape index (κ2) is 10.1. The van der Waals surface area contributed by atoms with E-state index in [4.69, 9.17) is 0 Å². The van der Waals surface area contributed by atoms with Crippen LogP contribution >= 0.6 is 15.9 Å². The van der Waals surface area contributed by atoms with Gasteiger partial charge in [0.05, 0.1) is 9.82 Å². The topological polar surface area (TPSA) is 95.8 Å². The van der Waals surface area contributed by atoms with Crippen LogP contribution in [0.25, 0.3) is 0 Å². The van der Waals surface area contributed by atoms with Crippen molar-refractivity contribution in [2.24, 2.45) is 0 Å². The van der Waals surface area contributed by atoms with E-state index in [1.54, 1.807) is 11.9 Å². The SMILES string of the molecule is CN(C)CCCNS(=O)(=O)c1ccc(N(C)Cc2ccccc2Br)c([N+](=O)[O-])c1. The first-order valence-corrected chi connectivity index (χ1v) is 11.3. The number of hydrogen-bond acceptors (Lipinski definition) is 6. The molecule has 0 heterocycles. The van der Waals surface area contributed by atoms with Crippen LogP contribution in [0.2, 0.25) is 0 Å². The van der Waals surface area contributed by atoms with Crippen molar-refractivity contribution in [3.05, 3.63) is 62.6 Å². The molecule has 0 aromatic heterocycles. The summed E-state index contributed by atoms with van der Waals surface area (Å²) in [6, 6.07) is 11.6. The van der Waals surface area contributed by atoms with Gasteiger partial charge in [0.2, 0.25) is 10.0 Å². The van der Waals surface area contributed by atoms with E-state index in [-0.39, 0.29) is 17.1 Å². The average Bonchev–Trinajstić information content (AvgIpc) is 2.66. The summed E-state index contributed by atoms with van der Waals surface area (Å²) >= 11 is 3.47. The molecule has 1 N–H and O–H groups in total. The molecule has 0 aliphatic carbocycles. The van der Waals surface area contributed by atoms with Gasteiger partial charge < -0.3 is 9.80 Å². The summed E-state index contributed by atoms with van der Waals surface area (Å²) in [5.41, 5.74) is 1.05. The van der Waals surface area contributed by atoms with Crippen molar-refractivity contribution >= 4 is 37.3 Å². The molecule has 8 nitrogen and oxygen atoms in total. The number of hydrogen-bond donors (Lipinski definition) is 1. The van der Waals surface area contributed by atoms with Gasteiger partial charge in [-0.1, -0.05) is 34.1 Å². The van der Waals surface area contributed by atoms with Crippen molar-refractivity contribution < 1.29 is 13.3 Å². The Kier molecular flexibility index (Phi) is 8.14. The lowest BCUT2D eigenvalue weighted by molar-refractivity contribution is -0.384. The molecule has 0 saturated heterocycles. The minimum Gasteiger partial charge on any atom is -0.365 e. The Labute approximate surface area is 179 Å². The molecule has 2 rings (SSSR count). The Morgan fingerprint density at radius 3 is 2.45 bits per heavy atom. The maximum absolute atomic E-state index is 12.5. The van der Waals surface area contributed by atoms with E-state index in [1.165, 1.54) is 12.1 Å². The largest absolute Gasteiger partial charge is 0.365 e. The van der Waals surface area contributed by atoms with E-state index in [2.05, 4.69) is 20.7 Å². The molecule has 0 spiro atoms. The zero-order valence-electron chi connectivity index (χ0n) is 16.6. The lowest BCUT2D eigenvalue weighted by Crippen LogP contribution is -2.27. The minimum atomic E-state index is -3.82. The zero-order chi connectivity index (χ0) is 21.6. The third-order valence-electron chi connectivity index (χ3n) is 4.30. The maximum atomic E-state index is 12.5. The van der Waals surface area contributed by atoms with Gasteiger partial charge in [-0.05, 0) is 50.8 Å². The van der Waals surface area contributed by atoms with Crippen LogP contribution in [0.4, 0.5) is 11.4 Å². The Morgan fingerprint density at radius 1 is 1.14 bits per heavy atom. The number of benzene rings is 2. The van der Waals surface area contributed by atoms with Crippen LogP contribution in [0.3, 0.4) is 0 Å². The van der Waals surface area contributed by atoms with Crippen LogP contribution in [-0.2, 0) is 16.6 Å². The Bertz CT molecular complexity index is 966. The molecular formula is C19H25BrN4O4S. The van der Waals surface area contributed by atoms with E-state index < -0.39 is 14.9 Å². The summed E-state index contributed by atoms with van der Waals surface area (Å²) < 4.78 is 28.4. The first kappa shape index (κ1) is 23.3. The van der Waals surface area contributed by atoms with E-state index in [0.29, 0.717) is 18.7 Å². The minimum absolute atomic E-state index is 0.118. The first-order valence-electron chi connectivity index (χ1n) is 8.99. The summed E-state index contributed by atoms with van der Waals surface area (Å²) in [6.07, 6.45) is 0.640. The van der Waals surface area contributed by atoms with Gasteiger partial charge in [0, 0.05) is 30.7 Å². The van der Waals surface area contributed by atoms with Crippen molar-refractivity contribution in [3.63, 3.8) is 0 Å². The van der Waals surface area contributed by atoms with Crippen LogP contribution in [0, 0.1) is 10.1 Å². The third kappa shape index (κ3) is 6.49. The Hall–Kier alpha value is -2.01. The van der Waals surface area contributed by atoms with Gasteiger partial charge >= 0.3 is 0 Å². The molecule has 0 aliphatic rings. The maximum Gasteiger partial charge on any atom is 0.293 e. The van der Waals surface area contributed by atoms with E-state index in [0.717, 1.165) is 22.6 Å². The fraction of sp³-hybridized carbons (Fsp3) is 0.368. The third-order valence-corrected chi connectivity index (χ3v) is 6.54. The highest BCUT2D eigenvalue weighted by Crippen LogP contribution is 2.31. The molecule has 0 atom stereocenters. The predicted octanol–water partition coefficient (Wildman–Crippen LogP) is 3.22. The standard InChI is InChI=1S/C19H25BrN4O4S/c1-22(2)12-6-11-21-29(27,28)16-9-10-18(19(13-16)24(25)26)23(3)14-15-7-4-5-8-17(15)20/h4-5,7-10,13,21H,6,11-12,14H2,1-3H3. The lowest BCUT2D eigenvalue weighted by atomic mass is 10.2. The molecule has 29 heavy (non-hydrogen) atoms. The number of nitrogens with zero attached hydrogens (tertiary/aromatic N) is 3. The molecule has 0 unspecified atom stereocenters.